The molecule has 2 saturated carbocycles. The topological polar surface area (TPSA) is 136 Å². The maximum absolute atomic E-state index is 14.5. The Morgan fingerprint density at radius 2 is 1.91 bits per heavy atom. The molecule has 9 nitrogen and oxygen atoms in total. The fourth-order valence-corrected chi connectivity index (χ4v) is 8.90. The number of aliphatic hydroxyl groups excluding tert-OH is 1. The van der Waals surface area contributed by atoms with Crippen molar-refractivity contribution in [1.29, 1.82) is 0 Å². The molecule has 0 amide bonds. The number of hydrogen-bond donors (Lipinski definition) is 3. The summed E-state index contributed by atoms with van der Waals surface area (Å²) in [6.45, 7) is 16.9. The Balaban J connectivity index is 0.00000264. The van der Waals surface area contributed by atoms with Crippen LogP contribution in [-0.2, 0) is 23.8 Å². The average molecular weight is 1060 g/mol. The van der Waals surface area contributed by atoms with E-state index in [1.807, 2.05) is 13.2 Å². The average Bonchev–Trinajstić information content (AvgIpc) is 3.47. The zero-order chi connectivity index (χ0) is 31.0. The molecule has 2 heterocycles. The van der Waals surface area contributed by atoms with Gasteiger partial charge in [0.15, 0.2) is 5.78 Å². The van der Waals surface area contributed by atoms with Gasteiger partial charge in [-0.25, -0.2) is 0 Å². The first kappa shape index (κ1) is 39.6. The molecular formula is C32H44Ac2O9S. The Morgan fingerprint density at radius 3 is 2.45 bits per heavy atom. The molecule has 11 atom stereocenters. The number of carbonyl (C=O) groups excluding carboxylic acids is 2. The van der Waals surface area contributed by atoms with Crippen molar-refractivity contribution in [1.82, 2.24) is 0 Å². The first-order valence-corrected chi connectivity index (χ1v) is 16.1. The van der Waals surface area contributed by atoms with Gasteiger partial charge in [-0.15, -0.1) is 11.8 Å². The number of carbonyl (C=O) groups is 2. The Labute approximate surface area is 336 Å². The van der Waals surface area contributed by atoms with Crippen molar-refractivity contribution in [2.75, 3.05) is 18.8 Å². The van der Waals surface area contributed by atoms with E-state index < -0.39 is 81.9 Å². The van der Waals surface area contributed by atoms with Gasteiger partial charge >= 0.3 is 5.97 Å². The number of hydrogen-bond acceptors (Lipinski definition) is 10. The summed E-state index contributed by atoms with van der Waals surface area (Å²) in [6.07, 6.45) is -0.0785. The Kier molecular flexibility index (Phi) is 12.8. The van der Waals surface area contributed by atoms with Crippen molar-refractivity contribution < 1.29 is 132 Å². The van der Waals surface area contributed by atoms with Crippen molar-refractivity contribution in [3.8, 4) is 0 Å². The van der Waals surface area contributed by atoms with E-state index in [1.165, 1.54) is 18.0 Å². The van der Waals surface area contributed by atoms with Gasteiger partial charge in [0.05, 0.1) is 48.0 Å². The Bertz CT molecular complexity index is 1250. The maximum Gasteiger partial charge on any atom is 0.310 e. The van der Waals surface area contributed by atoms with Gasteiger partial charge in [-0.1, -0.05) is 27.7 Å². The summed E-state index contributed by atoms with van der Waals surface area (Å²) in [7, 11) is 0. The molecule has 0 aromatic carbocycles. The maximum atomic E-state index is 14.5. The van der Waals surface area contributed by atoms with E-state index in [-0.39, 0.29) is 101 Å². The van der Waals surface area contributed by atoms with E-state index in [1.54, 1.807) is 46.8 Å². The van der Waals surface area contributed by atoms with E-state index >= 15 is 0 Å². The number of esters is 1. The van der Waals surface area contributed by atoms with Crippen molar-refractivity contribution in [3.63, 3.8) is 0 Å². The van der Waals surface area contributed by atoms with Crippen LogP contribution in [0.1, 0.15) is 66.1 Å². The molecule has 238 valence electrons. The normalized spacial score (nSPS) is 40.5. The number of rotatable bonds is 7. The molecule has 3 N–H and O–H groups in total. The smallest absolute Gasteiger partial charge is 0.310 e. The predicted molar refractivity (Wildman–Crippen MR) is 155 cm³/mol. The van der Waals surface area contributed by atoms with Crippen molar-refractivity contribution in [3.05, 3.63) is 42.2 Å². The monoisotopic (exact) mass is 1060 g/mol. The second-order valence-electron chi connectivity index (χ2n) is 13.5. The molecule has 3 aliphatic carbocycles. The van der Waals surface area contributed by atoms with Gasteiger partial charge in [-0.2, -0.15) is 0 Å². The number of thioether (sulfide) groups is 1. The molecular weight excluding hydrogens is 1010 g/mol. The third-order valence-electron chi connectivity index (χ3n) is 11.2. The molecule has 1 aliphatic heterocycles. The molecule has 0 spiro atoms. The molecule has 4 radical (unpaired) electrons. The summed E-state index contributed by atoms with van der Waals surface area (Å²) in [4.78, 5) is 27.9. The minimum absolute atomic E-state index is 0. The zero-order valence-corrected chi connectivity index (χ0v) is 36.9. The Morgan fingerprint density at radius 1 is 1.25 bits per heavy atom. The SMILES string of the molecule is [Ac].[Ac].[CH][C@@H](c1ccco1)[C@@H](C)C(=O)OC1CC2(O)[C@@H](C)C3C4(O)COC4CC(OCSC)[C@@]3(C)C(=O)C(O)C(=C1C)C2(C)C. The largest absolute Gasteiger partial charge is 0.469 e. The first-order chi connectivity index (χ1) is 19.6. The van der Waals surface area contributed by atoms with Crippen LogP contribution in [0.2, 0.25) is 0 Å². The van der Waals surface area contributed by atoms with Gasteiger partial charge in [0.25, 0.3) is 0 Å². The summed E-state index contributed by atoms with van der Waals surface area (Å²) >= 11 is 1.47. The van der Waals surface area contributed by atoms with Gasteiger partial charge in [-0.3, -0.25) is 9.59 Å². The molecule has 12 heteroatoms. The molecule has 3 fully saturated rings. The van der Waals surface area contributed by atoms with Gasteiger partial charge < -0.3 is 33.9 Å². The molecule has 4 aliphatic rings. The molecule has 1 aromatic rings. The van der Waals surface area contributed by atoms with E-state index in [0.29, 0.717) is 29.3 Å². The summed E-state index contributed by atoms with van der Waals surface area (Å²) < 4.78 is 23.4. The van der Waals surface area contributed by atoms with Crippen molar-refractivity contribution in [2.45, 2.75) is 95.9 Å². The van der Waals surface area contributed by atoms with Crippen LogP contribution >= 0.6 is 11.8 Å². The van der Waals surface area contributed by atoms with Crippen LogP contribution in [0.15, 0.2) is 34.0 Å². The summed E-state index contributed by atoms with van der Waals surface area (Å²) in [6, 6.07) is 3.38. The number of ketones is 1. The number of ether oxygens (including phenoxy) is 3. The van der Waals surface area contributed by atoms with E-state index in [4.69, 9.17) is 25.6 Å². The predicted octanol–water partition coefficient (Wildman–Crippen LogP) is 3.54. The van der Waals surface area contributed by atoms with Crippen LogP contribution in [0.25, 0.3) is 0 Å². The summed E-state index contributed by atoms with van der Waals surface area (Å²) in [5, 5.41) is 36.7. The van der Waals surface area contributed by atoms with Gasteiger partial charge in [0.2, 0.25) is 0 Å². The fourth-order valence-electron chi connectivity index (χ4n) is 8.60. The number of furan rings is 1. The van der Waals surface area contributed by atoms with E-state index in [9.17, 15) is 24.9 Å². The molecule has 44 heavy (non-hydrogen) atoms. The van der Waals surface area contributed by atoms with Crippen LogP contribution < -0.4 is 0 Å². The van der Waals surface area contributed by atoms with E-state index in [2.05, 4.69) is 0 Å². The number of aliphatic hydroxyl groups is 3. The number of fused-ring (bicyclic) bond motifs is 5. The number of Topliss-reactive ketones (excluding diaryl/α,β-unsaturated/α-hetero) is 1. The molecule has 2 bridgehead atoms. The zero-order valence-electron chi connectivity index (χ0n) is 26.6. The molecule has 7 unspecified atom stereocenters. The van der Waals surface area contributed by atoms with Crippen LogP contribution in [0.3, 0.4) is 0 Å². The molecule has 1 aromatic heterocycles. The standard InChI is InChI=1S/C32H44O9S.2Ac/c1-16(20-10-9-11-38-20)17(2)28(35)41-21-13-32(37)19(4)26-30(7,27(34)25(33)24(18(21)3)29(32,5)6)22(40-15-42-8)12-23-31(26,36)14-39-23;;/h1,9-11,16-17,19,21-23,25-26,33,36-37H,12-15H2,2-8H3;;/t16-,17-,19+,21?,22?,23?,25?,26?,30-,31?,32?;;/m1../s1. The quantitative estimate of drug-likeness (QED) is 0.212. The molecule has 1 saturated heterocycles. The third kappa shape index (κ3) is 5.90. The second kappa shape index (κ2) is 14.2. The van der Waals surface area contributed by atoms with Gasteiger partial charge in [0, 0.05) is 118 Å². The van der Waals surface area contributed by atoms with Crippen LogP contribution in [0.4, 0.5) is 0 Å². The minimum atomic E-state index is -1.61. The summed E-state index contributed by atoms with van der Waals surface area (Å²) in [5.74, 6) is -3.30. The van der Waals surface area contributed by atoms with E-state index in [0.717, 1.165) is 0 Å². The van der Waals surface area contributed by atoms with Gasteiger partial charge in [0.1, 0.15) is 23.6 Å². The van der Waals surface area contributed by atoms with Crippen molar-refractivity contribution in [2.24, 2.45) is 28.6 Å². The summed E-state index contributed by atoms with van der Waals surface area (Å²) in [5.41, 5.74) is -4.57. The minimum Gasteiger partial charge on any atom is -0.469 e. The van der Waals surface area contributed by atoms with Crippen LogP contribution in [0.5, 0.6) is 0 Å². The van der Waals surface area contributed by atoms with Crippen LogP contribution in [-0.4, -0.2) is 81.5 Å². The fraction of sp³-hybridized carbons (Fsp3) is 0.719. The second-order valence-corrected chi connectivity index (χ2v) is 14.3. The first-order valence-electron chi connectivity index (χ1n) is 14.7. The van der Waals surface area contributed by atoms with Gasteiger partial charge in [-0.05, 0) is 56.2 Å². The van der Waals surface area contributed by atoms with Crippen molar-refractivity contribution >= 4 is 23.5 Å². The Hall–Kier alpha value is 1.19. The third-order valence-corrected chi connectivity index (χ3v) is 11.6. The van der Waals surface area contributed by atoms with Crippen LogP contribution in [0, 0.1) is 124 Å². The molecule has 5 rings (SSSR count).